The molecule has 19 N–H and O–H groups in total. The van der Waals surface area contributed by atoms with Gasteiger partial charge in [0.05, 0.1) is 31.2 Å². The quantitative estimate of drug-likeness (QED) is 0.0296. The molecule has 418 valence electrons. The number of H-pyrrole nitrogens is 1. The van der Waals surface area contributed by atoms with E-state index >= 15 is 0 Å². The third-order valence-electron chi connectivity index (χ3n) is 12.4. The number of hydrogen-bond donors (Lipinski definition) is 15. The molecule has 0 radical (unpaired) electrons. The van der Waals surface area contributed by atoms with Gasteiger partial charge in [-0.3, -0.25) is 52.7 Å². The second-order valence-corrected chi connectivity index (χ2v) is 18.5. The standard InChI is InChI=1S/C49H67N13O15/c1-24(63)40(60-45(72)33(21-38(53)67)56-39(68)23-55-43(70)31(15-17-37(52)66)57-42(69)29(50)14-16-36(51)65)47(74)59-34(19-26-9-4-3-5-10-26)48(75)62-18-8-13-35(62)46(73)58-32(44(71)61-41(25(2)64)49(76)77)20-27-22-54-30-12-7-6-11-28(27)30/h3-7,9-12,22,24-25,29,31-35,40-41,54,63-64H,8,13-21,23,50H2,1-2H3,(H2,51,65)(H2,52,66)(H2,53,67)(H,55,70)(H,56,68)(H,57,69)(H,58,73)(H,59,74)(H,60,72)(H,61,71)(H,76,77)/t24-,25-,29+,31+,32+,33+,34+,35+,40+,41+/m1/s1. The van der Waals surface area contributed by atoms with Crippen LogP contribution in [-0.4, -0.2) is 170 Å². The van der Waals surface area contributed by atoms with Crippen molar-refractivity contribution in [2.45, 2.75) is 132 Å². The van der Waals surface area contributed by atoms with Crippen LogP contribution in [0.15, 0.2) is 60.8 Å². The number of amides is 11. The molecule has 0 aliphatic carbocycles. The SMILES string of the molecule is C[C@@H](O)[C@H](NC(=O)[C@H](Cc1c[nH]c2ccccc12)NC(=O)[C@@H]1CCCN1C(=O)[C@H](Cc1ccccc1)NC(=O)[C@@H](NC(=O)[C@H](CC(N)=O)NC(=O)CNC(=O)[C@H](CCC(N)=O)NC(=O)[C@@H](N)CCC(N)=O)[C@@H](C)O)C(=O)O. The van der Waals surface area contributed by atoms with Crippen molar-refractivity contribution in [1.29, 1.82) is 0 Å². The van der Waals surface area contributed by atoms with Gasteiger partial charge in [-0.15, -0.1) is 0 Å². The number of primary amides is 3. The van der Waals surface area contributed by atoms with Crippen molar-refractivity contribution in [3.8, 4) is 0 Å². The minimum atomic E-state index is -1.87. The number of aromatic amines is 1. The van der Waals surface area contributed by atoms with E-state index in [2.05, 4.69) is 42.2 Å². The topological polar surface area (TPSA) is 473 Å². The minimum absolute atomic E-state index is 0.00126. The number of carbonyl (C=O) groups excluding carboxylic acids is 11. The van der Waals surface area contributed by atoms with Gasteiger partial charge in [0.15, 0.2) is 6.04 Å². The Balaban J connectivity index is 1.52. The van der Waals surface area contributed by atoms with E-state index in [1.807, 2.05) is 0 Å². The van der Waals surface area contributed by atoms with Crippen LogP contribution in [0.2, 0.25) is 0 Å². The van der Waals surface area contributed by atoms with Gasteiger partial charge in [-0.05, 0) is 56.7 Å². The van der Waals surface area contributed by atoms with Crippen LogP contribution in [0.1, 0.15) is 69.9 Å². The van der Waals surface area contributed by atoms with E-state index in [4.69, 9.17) is 22.9 Å². The van der Waals surface area contributed by atoms with Crippen molar-refractivity contribution in [2.75, 3.05) is 13.1 Å². The number of para-hydroxylation sites is 1. The van der Waals surface area contributed by atoms with Gasteiger partial charge in [-0.2, -0.15) is 0 Å². The first-order valence-corrected chi connectivity index (χ1v) is 24.5. The number of fused-ring (bicyclic) bond motifs is 1. The largest absolute Gasteiger partial charge is 0.480 e. The van der Waals surface area contributed by atoms with Crippen LogP contribution in [0.5, 0.6) is 0 Å². The number of carboxylic acid groups (broad SMARTS) is 1. The number of carboxylic acids is 1. The molecule has 28 nitrogen and oxygen atoms in total. The van der Waals surface area contributed by atoms with Crippen LogP contribution in [0, 0.1) is 0 Å². The number of rotatable bonds is 30. The fourth-order valence-corrected chi connectivity index (χ4v) is 8.32. The first-order chi connectivity index (χ1) is 36.4. The maximum absolute atomic E-state index is 14.6. The third kappa shape index (κ3) is 18.7. The van der Waals surface area contributed by atoms with Crippen molar-refractivity contribution in [3.05, 3.63) is 71.9 Å². The van der Waals surface area contributed by atoms with Crippen molar-refractivity contribution in [2.24, 2.45) is 22.9 Å². The molecule has 1 aromatic heterocycles. The molecule has 0 saturated carbocycles. The Morgan fingerprint density at radius 3 is 1.87 bits per heavy atom. The number of aliphatic hydroxyl groups is 2. The van der Waals surface area contributed by atoms with Gasteiger partial charge >= 0.3 is 5.97 Å². The number of aromatic nitrogens is 1. The molecular formula is C49H67N13O15. The first kappa shape index (κ1) is 61.1. The Kier molecular flexibility index (Phi) is 23.0. The van der Waals surface area contributed by atoms with Gasteiger partial charge in [0, 0.05) is 49.3 Å². The first-order valence-electron chi connectivity index (χ1n) is 24.5. The predicted octanol–water partition coefficient (Wildman–Crippen LogP) is -5.45. The zero-order valence-electron chi connectivity index (χ0n) is 42.3. The van der Waals surface area contributed by atoms with E-state index in [0.29, 0.717) is 28.5 Å². The molecule has 3 aromatic rings. The number of hydrogen-bond acceptors (Lipinski definition) is 15. The van der Waals surface area contributed by atoms with E-state index < -0.39 is 151 Å². The fraction of sp³-hybridized carbons (Fsp3) is 0.469. The molecule has 1 saturated heterocycles. The van der Waals surface area contributed by atoms with Gasteiger partial charge in [0.1, 0.15) is 36.3 Å². The summed E-state index contributed by atoms with van der Waals surface area (Å²) in [4.78, 5) is 160. The highest BCUT2D eigenvalue weighted by molar-refractivity contribution is 5.99. The molecule has 0 bridgehead atoms. The van der Waals surface area contributed by atoms with Gasteiger partial charge in [-0.1, -0.05) is 48.5 Å². The molecule has 1 aliphatic heterocycles. The Hall–Kier alpha value is -8.50. The highest BCUT2D eigenvalue weighted by atomic mass is 16.4. The lowest BCUT2D eigenvalue weighted by Crippen LogP contribution is -2.62. The summed E-state index contributed by atoms with van der Waals surface area (Å²) >= 11 is 0. The van der Waals surface area contributed by atoms with E-state index in [9.17, 15) is 72.9 Å². The van der Waals surface area contributed by atoms with Crippen molar-refractivity contribution >= 4 is 81.9 Å². The third-order valence-corrected chi connectivity index (χ3v) is 12.4. The molecular weight excluding hydrogens is 1010 g/mol. The van der Waals surface area contributed by atoms with Crippen molar-refractivity contribution in [3.63, 3.8) is 0 Å². The average Bonchev–Trinajstić information content (AvgIpc) is 4.03. The number of nitrogens with two attached hydrogens (primary N) is 4. The number of aliphatic carboxylic acids is 1. The molecule has 11 amide bonds. The molecule has 10 atom stereocenters. The number of carbonyl (C=O) groups is 12. The summed E-state index contributed by atoms with van der Waals surface area (Å²) in [6.45, 7) is 1.41. The lowest BCUT2D eigenvalue weighted by Gasteiger charge is -2.31. The van der Waals surface area contributed by atoms with E-state index in [-0.39, 0.29) is 45.1 Å². The number of likely N-dealkylation sites (tertiary alicyclic amines) is 1. The molecule has 28 heteroatoms. The average molecular weight is 1080 g/mol. The molecule has 4 rings (SSSR count). The Labute approximate surface area is 440 Å². The highest BCUT2D eigenvalue weighted by Crippen LogP contribution is 2.23. The normalized spacial score (nSPS) is 16.6. The lowest BCUT2D eigenvalue weighted by molar-refractivity contribution is -0.145. The summed E-state index contributed by atoms with van der Waals surface area (Å²) in [5, 5.41) is 47.9. The lowest BCUT2D eigenvalue weighted by atomic mass is 10.0. The zero-order chi connectivity index (χ0) is 57.1. The van der Waals surface area contributed by atoms with E-state index in [0.717, 1.165) is 6.92 Å². The molecule has 2 aromatic carbocycles. The van der Waals surface area contributed by atoms with Crippen LogP contribution in [0.25, 0.3) is 10.9 Å². The Morgan fingerprint density at radius 2 is 1.25 bits per heavy atom. The zero-order valence-corrected chi connectivity index (χ0v) is 42.3. The summed E-state index contributed by atoms with van der Waals surface area (Å²) in [5.74, 6) is -12.1. The molecule has 77 heavy (non-hydrogen) atoms. The fourth-order valence-electron chi connectivity index (χ4n) is 8.32. The Morgan fingerprint density at radius 1 is 0.649 bits per heavy atom. The van der Waals surface area contributed by atoms with Gasteiger partial charge in [0.2, 0.25) is 65.0 Å². The summed E-state index contributed by atoms with van der Waals surface area (Å²) < 4.78 is 0. The number of nitrogens with zero attached hydrogens (tertiary/aromatic N) is 1. The van der Waals surface area contributed by atoms with Crippen LogP contribution < -0.4 is 60.2 Å². The molecule has 1 aliphatic rings. The van der Waals surface area contributed by atoms with Crippen LogP contribution in [0.4, 0.5) is 0 Å². The molecule has 0 unspecified atom stereocenters. The van der Waals surface area contributed by atoms with Crippen molar-refractivity contribution < 1.29 is 72.9 Å². The van der Waals surface area contributed by atoms with E-state index in [1.54, 1.807) is 60.8 Å². The summed E-state index contributed by atoms with van der Waals surface area (Å²) in [5.41, 5.74) is 23.3. The minimum Gasteiger partial charge on any atom is -0.480 e. The second-order valence-electron chi connectivity index (χ2n) is 18.5. The van der Waals surface area contributed by atoms with Gasteiger partial charge < -0.3 is 85.4 Å². The summed E-state index contributed by atoms with van der Waals surface area (Å²) in [6, 6.07) is 3.15. The van der Waals surface area contributed by atoms with Crippen LogP contribution in [0.3, 0.4) is 0 Å². The number of aliphatic hydroxyl groups excluding tert-OH is 2. The monoisotopic (exact) mass is 1080 g/mol. The van der Waals surface area contributed by atoms with E-state index in [1.165, 1.54) is 11.8 Å². The molecule has 2 heterocycles. The number of nitrogens with one attached hydrogen (secondary N) is 8. The van der Waals surface area contributed by atoms with Crippen LogP contribution in [-0.2, 0) is 70.4 Å². The molecule has 0 spiro atoms. The maximum atomic E-state index is 14.6. The second kappa shape index (κ2) is 29.0. The smallest absolute Gasteiger partial charge is 0.328 e. The van der Waals surface area contributed by atoms with Gasteiger partial charge in [0.25, 0.3) is 0 Å². The van der Waals surface area contributed by atoms with Crippen molar-refractivity contribution in [1.82, 2.24) is 47.1 Å². The predicted molar refractivity (Wildman–Crippen MR) is 271 cm³/mol. The summed E-state index contributed by atoms with van der Waals surface area (Å²) in [7, 11) is 0. The summed E-state index contributed by atoms with van der Waals surface area (Å²) in [6.07, 6.45) is -3.55. The van der Waals surface area contributed by atoms with Crippen LogP contribution >= 0.6 is 0 Å². The Bertz CT molecular complexity index is 2650. The maximum Gasteiger partial charge on any atom is 0.328 e. The molecule has 1 fully saturated rings. The highest BCUT2D eigenvalue weighted by Gasteiger charge is 2.41. The van der Waals surface area contributed by atoms with Gasteiger partial charge in [-0.25, -0.2) is 4.79 Å². The number of benzene rings is 2.